The minimum absolute atomic E-state index is 0.861. The monoisotopic (exact) mass is 237 g/mol. The van der Waals surface area contributed by atoms with E-state index in [2.05, 4.69) is 29.2 Å². The topological polar surface area (TPSA) is 21.3 Å². The number of hydrogen-bond donors (Lipinski definition) is 1. The number of benzene rings is 1. The molecule has 1 aliphatic rings. The average Bonchev–Trinajstić information content (AvgIpc) is 2.83. The van der Waals surface area contributed by atoms with Crippen molar-refractivity contribution in [3.63, 3.8) is 0 Å². The Bertz CT molecular complexity index is 323. The molecule has 2 nitrogen and oxygen atoms in total. The van der Waals surface area contributed by atoms with Crippen LogP contribution >= 0.6 is 11.8 Å². The van der Waals surface area contributed by atoms with E-state index in [9.17, 15) is 0 Å². The molecule has 1 N–H and O–H groups in total. The molecule has 1 saturated heterocycles. The lowest BCUT2D eigenvalue weighted by molar-refractivity contribution is 0.406. The summed E-state index contributed by atoms with van der Waals surface area (Å²) in [5.74, 6) is 4.50. The maximum atomic E-state index is 5.32. The molecule has 0 amide bonds. The van der Waals surface area contributed by atoms with Crippen LogP contribution in [0.5, 0.6) is 5.75 Å². The van der Waals surface area contributed by atoms with Gasteiger partial charge in [0.2, 0.25) is 0 Å². The van der Waals surface area contributed by atoms with Crippen molar-refractivity contribution in [3.8, 4) is 5.75 Å². The van der Waals surface area contributed by atoms with Gasteiger partial charge in [0.1, 0.15) is 5.75 Å². The van der Waals surface area contributed by atoms with E-state index >= 15 is 0 Å². The zero-order valence-electron chi connectivity index (χ0n) is 9.74. The fraction of sp³-hybridized carbons (Fsp3) is 0.538. The van der Waals surface area contributed by atoms with Crippen LogP contribution in [0.4, 0.5) is 0 Å². The van der Waals surface area contributed by atoms with Crippen LogP contribution in [0.15, 0.2) is 24.3 Å². The number of para-hydroxylation sites is 1. The van der Waals surface area contributed by atoms with Gasteiger partial charge in [-0.15, -0.1) is 0 Å². The van der Waals surface area contributed by atoms with E-state index in [0.717, 1.165) is 24.8 Å². The van der Waals surface area contributed by atoms with E-state index in [1.54, 1.807) is 7.11 Å². The van der Waals surface area contributed by atoms with Crippen molar-refractivity contribution < 1.29 is 4.74 Å². The number of rotatable bonds is 5. The third kappa shape index (κ3) is 3.16. The molecule has 0 radical (unpaired) electrons. The zero-order valence-corrected chi connectivity index (χ0v) is 10.6. The number of hydrogen-bond acceptors (Lipinski definition) is 3. The first-order valence-corrected chi connectivity index (χ1v) is 6.96. The number of thioether (sulfide) groups is 1. The summed E-state index contributed by atoms with van der Waals surface area (Å²) in [6.45, 7) is 2.04. The molecule has 1 aromatic carbocycles. The van der Waals surface area contributed by atoms with Gasteiger partial charge < -0.3 is 10.1 Å². The summed E-state index contributed by atoms with van der Waals surface area (Å²) in [5, 5.41) is 3.52. The first kappa shape index (κ1) is 11.8. The summed E-state index contributed by atoms with van der Waals surface area (Å²) in [7, 11) is 1.73. The second kappa shape index (κ2) is 6.16. The Balaban J connectivity index is 1.79. The van der Waals surface area contributed by atoms with Gasteiger partial charge in [0.05, 0.1) is 7.11 Å². The van der Waals surface area contributed by atoms with Crippen LogP contribution in [0.1, 0.15) is 12.0 Å². The van der Waals surface area contributed by atoms with Crippen molar-refractivity contribution in [1.82, 2.24) is 5.32 Å². The van der Waals surface area contributed by atoms with Crippen molar-refractivity contribution in [2.45, 2.75) is 13.0 Å². The van der Waals surface area contributed by atoms with E-state index in [-0.39, 0.29) is 0 Å². The predicted octanol–water partition coefficient (Wildman–Crippen LogP) is 2.54. The number of ether oxygens (including phenoxy) is 1. The van der Waals surface area contributed by atoms with Gasteiger partial charge >= 0.3 is 0 Å². The molecule has 2 rings (SSSR count). The highest BCUT2D eigenvalue weighted by Gasteiger charge is 2.14. The van der Waals surface area contributed by atoms with Gasteiger partial charge in [0, 0.05) is 12.1 Å². The highest BCUT2D eigenvalue weighted by atomic mass is 32.2. The molecule has 0 aromatic heterocycles. The Labute approximate surface area is 102 Å². The second-order valence-corrected chi connectivity index (χ2v) is 5.32. The largest absolute Gasteiger partial charge is 0.496 e. The maximum absolute atomic E-state index is 5.32. The molecule has 1 unspecified atom stereocenters. The van der Waals surface area contributed by atoms with Crippen LogP contribution in [0.3, 0.4) is 0 Å². The third-order valence-electron chi connectivity index (χ3n) is 2.96. The smallest absolute Gasteiger partial charge is 0.123 e. The zero-order chi connectivity index (χ0) is 11.2. The van der Waals surface area contributed by atoms with Gasteiger partial charge in [-0.05, 0) is 36.5 Å². The Kier molecular flexibility index (Phi) is 4.55. The number of nitrogens with one attached hydrogen (secondary N) is 1. The normalized spacial score (nSPS) is 19.9. The van der Waals surface area contributed by atoms with Gasteiger partial charge in [0.25, 0.3) is 0 Å². The molecular formula is C13H19NOS. The van der Waals surface area contributed by atoms with Crippen LogP contribution in [0, 0.1) is 5.92 Å². The standard InChI is InChI=1S/C13H19NOS/c1-15-13-5-3-2-4-12(13)9-14-8-11-6-7-16-10-11/h2-5,11,14H,6-10H2,1H3. The van der Waals surface area contributed by atoms with Gasteiger partial charge in [-0.3, -0.25) is 0 Å². The highest BCUT2D eigenvalue weighted by molar-refractivity contribution is 7.99. The van der Waals surface area contributed by atoms with Crippen LogP contribution in [0.25, 0.3) is 0 Å². The highest BCUT2D eigenvalue weighted by Crippen LogP contribution is 2.23. The van der Waals surface area contributed by atoms with Crippen molar-refractivity contribution >= 4 is 11.8 Å². The van der Waals surface area contributed by atoms with E-state index < -0.39 is 0 Å². The maximum Gasteiger partial charge on any atom is 0.123 e. The van der Waals surface area contributed by atoms with Crippen molar-refractivity contribution in [1.29, 1.82) is 0 Å². The lowest BCUT2D eigenvalue weighted by Crippen LogP contribution is -2.22. The van der Waals surface area contributed by atoms with E-state index in [1.807, 2.05) is 12.1 Å². The third-order valence-corrected chi connectivity index (χ3v) is 4.20. The SMILES string of the molecule is COc1ccccc1CNCC1CCSC1. The molecule has 1 atom stereocenters. The van der Waals surface area contributed by atoms with E-state index in [4.69, 9.17) is 4.74 Å². The van der Waals surface area contributed by atoms with Crippen LogP contribution in [-0.4, -0.2) is 25.2 Å². The Morgan fingerprint density at radius 2 is 2.31 bits per heavy atom. The molecule has 1 fully saturated rings. The van der Waals surface area contributed by atoms with Crippen molar-refractivity contribution in [2.24, 2.45) is 5.92 Å². The summed E-state index contributed by atoms with van der Waals surface area (Å²) in [5.41, 5.74) is 1.25. The molecule has 3 heteroatoms. The summed E-state index contributed by atoms with van der Waals surface area (Å²) < 4.78 is 5.32. The quantitative estimate of drug-likeness (QED) is 0.850. The minimum Gasteiger partial charge on any atom is -0.496 e. The predicted molar refractivity (Wildman–Crippen MR) is 70.1 cm³/mol. The molecule has 16 heavy (non-hydrogen) atoms. The molecule has 0 spiro atoms. The molecule has 1 aliphatic heterocycles. The van der Waals surface area contributed by atoms with Crippen LogP contribution in [-0.2, 0) is 6.54 Å². The Hall–Kier alpha value is -0.670. The molecule has 0 bridgehead atoms. The van der Waals surface area contributed by atoms with E-state index in [1.165, 1.54) is 23.5 Å². The first-order chi connectivity index (χ1) is 7.90. The van der Waals surface area contributed by atoms with Crippen LogP contribution in [0.2, 0.25) is 0 Å². The molecule has 0 saturated carbocycles. The summed E-state index contributed by atoms with van der Waals surface area (Å²) in [6.07, 6.45) is 1.36. The molecular weight excluding hydrogens is 218 g/mol. The summed E-state index contributed by atoms with van der Waals surface area (Å²) in [6, 6.07) is 8.21. The lowest BCUT2D eigenvalue weighted by atomic mass is 10.1. The van der Waals surface area contributed by atoms with E-state index in [0.29, 0.717) is 0 Å². The van der Waals surface area contributed by atoms with Gasteiger partial charge in [0.15, 0.2) is 0 Å². The van der Waals surface area contributed by atoms with Crippen LogP contribution < -0.4 is 10.1 Å². The second-order valence-electron chi connectivity index (χ2n) is 4.17. The molecule has 88 valence electrons. The first-order valence-electron chi connectivity index (χ1n) is 5.80. The molecule has 1 heterocycles. The fourth-order valence-corrected chi connectivity index (χ4v) is 3.29. The number of methoxy groups -OCH3 is 1. The van der Waals surface area contributed by atoms with Gasteiger partial charge in [-0.25, -0.2) is 0 Å². The fourth-order valence-electron chi connectivity index (χ4n) is 2.00. The van der Waals surface area contributed by atoms with Crippen molar-refractivity contribution in [2.75, 3.05) is 25.2 Å². The van der Waals surface area contributed by atoms with Crippen molar-refractivity contribution in [3.05, 3.63) is 29.8 Å². The molecule has 0 aliphatic carbocycles. The molecule has 1 aromatic rings. The van der Waals surface area contributed by atoms with Gasteiger partial charge in [-0.2, -0.15) is 11.8 Å². The summed E-state index contributed by atoms with van der Waals surface area (Å²) in [4.78, 5) is 0. The lowest BCUT2D eigenvalue weighted by Gasteiger charge is -2.12. The average molecular weight is 237 g/mol. The Morgan fingerprint density at radius 1 is 1.44 bits per heavy atom. The van der Waals surface area contributed by atoms with Gasteiger partial charge in [-0.1, -0.05) is 18.2 Å². The minimum atomic E-state index is 0.861. The Morgan fingerprint density at radius 3 is 3.06 bits per heavy atom. The summed E-state index contributed by atoms with van der Waals surface area (Å²) >= 11 is 2.07.